The van der Waals surface area contributed by atoms with E-state index in [-0.39, 0.29) is 29.8 Å². The van der Waals surface area contributed by atoms with Crippen molar-refractivity contribution in [3.05, 3.63) is 53.6 Å². The Bertz CT molecular complexity index is 1520. The number of piperidine rings is 1. The van der Waals surface area contributed by atoms with Crippen LogP contribution in [0.3, 0.4) is 0 Å². The average molecular weight is 534 g/mol. The topological polar surface area (TPSA) is 107 Å². The van der Waals surface area contributed by atoms with Crippen molar-refractivity contribution in [3.8, 4) is 16.9 Å². The molecule has 4 heterocycles. The Morgan fingerprint density at radius 1 is 1.13 bits per heavy atom. The van der Waals surface area contributed by atoms with E-state index in [1.54, 1.807) is 17.0 Å². The number of carbonyl (C=O) groups excluding carboxylic acids is 1. The third-order valence-electron chi connectivity index (χ3n) is 8.07. The first-order valence-corrected chi connectivity index (χ1v) is 13.5. The molecule has 2 aliphatic rings. The van der Waals surface area contributed by atoms with Gasteiger partial charge < -0.3 is 23.8 Å². The van der Waals surface area contributed by atoms with E-state index >= 15 is 0 Å². The largest absolute Gasteiger partial charge is 0.494 e. The van der Waals surface area contributed by atoms with E-state index in [1.165, 1.54) is 13.2 Å². The first-order chi connectivity index (χ1) is 18.9. The number of imidazole rings is 1. The molecule has 9 nitrogen and oxygen atoms in total. The standard InChI is InChI=1S/C29H32FN5O4/c1-16-27(17(2)39-33-16)18-13-23-28(31-15-18)35(19-7-10-21(36)11-8-19)29(32-23)24-5-4-6-26(37)34(24)20-9-12-25(38-3)22(30)14-20/h9,12-15,19,21,24,36H,4-8,10-11H2,1-3H3/t19-,21-,24-/m0/s1. The van der Waals surface area contributed by atoms with Crippen molar-refractivity contribution in [2.24, 2.45) is 0 Å². The number of aliphatic hydroxyl groups is 1. The number of amides is 1. The van der Waals surface area contributed by atoms with E-state index in [0.29, 0.717) is 49.1 Å². The number of pyridine rings is 1. The zero-order valence-electron chi connectivity index (χ0n) is 22.4. The number of hydrogen-bond acceptors (Lipinski definition) is 7. The van der Waals surface area contributed by atoms with Crippen LogP contribution in [0.15, 0.2) is 35.0 Å². The van der Waals surface area contributed by atoms with Gasteiger partial charge in [0.15, 0.2) is 17.2 Å². The molecule has 1 N–H and O–H groups in total. The molecule has 0 unspecified atom stereocenters. The molecule has 0 bridgehead atoms. The van der Waals surface area contributed by atoms with Gasteiger partial charge in [-0.2, -0.15) is 0 Å². The van der Waals surface area contributed by atoms with E-state index in [9.17, 15) is 14.3 Å². The normalized spacial score (nSPS) is 22.0. The van der Waals surface area contributed by atoms with Crippen molar-refractivity contribution in [3.63, 3.8) is 0 Å². The van der Waals surface area contributed by atoms with Crippen LogP contribution in [-0.2, 0) is 4.79 Å². The lowest BCUT2D eigenvalue weighted by molar-refractivity contribution is -0.120. The summed E-state index contributed by atoms with van der Waals surface area (Å²) in [6, 6.07) is 6.31. The summed E-state index contributed by atoms with van der Waals surface area (Å²) in [5.41, 5.74) is 4.46. The number of methoxy groups -OCH3 is 1. The highest BCUT2D eigenvalue weighted by Gasteiger charge is 2.37. The molecular formula is C29H32FN5O4. The summed E-state index contributed by atoms with van der Waals surface area (Å²) in [4.78, 5) is 25.0. The Morgan fingerprint density at radius 2 is 1.92 bits per heavy atom. The average Bonchev–Trinajstić information content (AvgIpc) is 3.47. The van der Waals surface area contributed by atoms with Gasteiger partial charge >= 0.3 is 0 Å². The molecule has 4 aromatic rings. The van der Waals surface area contributed by atoms with E-state index in [2.05, 4.69) is 9.72 Å². The number of hydrogen-bond donors (Lipinski definition) is 1. The van der Waals surface area contributed by atoms with Crippen molar-refractivity contribution in [1.82, 2.24) is 19.7 Å². The van der Waals surface area contributed by atoms with Crippen LogP contribution in [0.5, 0.6) is 5.75 Å². The number of nitrogens with zero attached hydrogens (tertiary/aromatic N) is 5. The Labute approximate surface area is 225 Å². The molecule has 1 aliphatic carbocycles. The minimum Gasteiger partial charge on any atom is -0.494 e. The number of aliphatic hydroxyl groups excluding tert-OH is 1. The highest BCUT2D eigenvalue weighted by atomic mass is 19.1. The summed E-state index contributed by atoms with van der Waals surface area (Å²) in [6.07, 6.45) is 6.24. The van der Waals surface area contributed by atoms with Gasteiger partial charge in [-0.25, -0.2) is 14.4 Å². The maximum Gasteiger partial charge on any atom is 0.227 e. The molecule has 39 heavy (non-hydrogen) atoms. The maximum atomic E-state index is 14.8. The van der Waals surface area contributed by atoms with Gasteiger partial charge in [-0.05, 0) is 70.6 Å². The fourth-order valence-corrected chi connectivity index (χ4v) is 6.19. The van der Waals surface area contributed by atoms with Gasteiger partial charge in [0, 0.05) is 41.5 Å². The zero-order valence-corrected chi connectivity index (χ0v) is 22.4. The highest BCUT2D eigenvalue weighted by Crippen LogP contribution is 2.41. The quantitative estimate of drug-likeness (QED) is 0.357. The Morgan fingerprint density at radius 3 is 2.62 bits per heavy atom. The highest BCUT2D eigenvalue weighted by molar-refractivity contribution is 5.95. The van der Waals surface area contributed by atoms with Crippen LogP contribution in [0.2, 0.25) is 0 Å². The molecule has 204 valence electrons. The van der Waals surface area contributed by atoms with Crippen molar-refractivity contribution < 1.29 is 23.6 Å². The van der Waals surface area contributed by atoms with Gasteiger partial charge in [-0.3, -0.25) is 4.79 Å². The minimum atomic E-state index is -0.521. The number of benzene rings is 1. The molecule has 0 spiro atoms. The monoisotopic (exact) mass is 533 g/mol. The van der Waals surface area contributed by atoms with Crippen molar-refractivity contribution in [2.45, 2.75) is 77.0 Å². The molecule has 1 aliphatic heterocycles. The Balaban J connectivity index is 1.50. The van der Waals surface area contributed by atoms with Crippen molar-refractivity contribution in [2.75, 3.05) is 12.0 Å². The summed E-state index contributed by atoms with van der Waals surface area (Å²) in [6.45, 7) is 3.77. The van der Waals surface area contributed by atoms with Crippen LogP contribution in [0.4, 0.5) is 10.1 Å². The SMILES string of the molecule is COc1ccc(N2C(=O)CCC[C@H]2c2nc3cc(-c4c(C)noc4C)cnc3n2[C@H]2CC[C@H](O)CC2)cc1F. The summed E-state index contributed by atoms with van der Waals surface area (Å²) in [5, 5.41) is 14.3. The number of ether oxygens (including phenoxy) is 1. The molecule has 1 amide bonds. The van der Waals surface area contributed by atoms with Gasteiger partial charge in [0.25, 0.3) is 0 Å². The maximum absolute atomic E-state index is 14.8. The predicted molar refractivity (Wildman–Crippen MR) is 143 cm³/mol. The van der Waals surface area contributed by atoms with Gasteiger partial charge in [0.1, 0.15) is 17.1 Å². The van der Waals surface area contributed by atoms with Gasteiger partial charge in [0.05, 0.1) is 24.9 Å². The molecule has 1 aromatic carbocycles. The Hall–Kier alpha value is -3.79. The third kappa shape index (κ3) is 4.46. The summed E-state index contributed by atoms with van der Waals surface area (Å²) in [5.74, 6) is 0.980. The molecule has 10 heteroatoms. The van der Waals surface area contributed by atoms with Gasteiger partial charge in [0.2, 0.25) is 5.91 Å². The number of anilines is 1. The second-order valence-corrected chi connectivity index (χ2v) is 10.6. The molecular weight excluding hydrogens is 501 g/mol. The fraction of sp³-hybridized carbons (Fsp3) is 0.448. The molecule has 1 atom stereocenters. The van der Waals surface area contributed by atoms with E-state index < -0.39 is 5.82 Å². The van der Waals surface area contributed by atoms with Crippen LogP contribution in [0.25, 0.3) is 22.3 Å². The summed E-state index contributed by atoms with van der Waals surface area (Å²) in [7, 11) is 1.42. The molecule has 3 aromatic heterocycles. The lowest BCUT2D eigenvalue weighted by Gasteiger charge is -2.37. The fourth-order valence-electron chi connectivity index (χ4n) is 6.19. The van der Waals surface area contributed by atoms with Crippen molar-refractivity contribution in [1.29, 1.82) is 0 Å². The van der Waals surface area contributed by atoms with Crippen LogP contribution in [-0.4, -0.2) is 43.9 Å². The molecule has 6 rings (SSSR count). The third-order valence-corrected chi connectivity index (χ3v) is 8.07. The first-order valence-electron chi connectivity index (χ1n) is 13.5. The summed E-state index contributed by atoms with van der Waals surface area (Å²) < 4.78 is 27.4. The minimum absolute atomic E-state index is 0.0714. The van der Waals surface area contributed by atoms with Crippen LogP contribution < -0.4 is 9.64 Å². The number of aryl methyl sites for hydroxylation is 2. The van der Waals surface area contributed by atoms with Crippen LogP contribution >= 0.6 is 0 Å². The lowest BCUT2D eigenvalue weighted by atomic mass is 9.92. The van der Waals surface area contributed by atoms with Crippen LogP contribution in [0, 0.1) is 19.7 Å². The smallest absolute Gasteiger partial charge is 0.227 e. The lowest BCUT2D eigenvalue weighted by Crippen LogP contribution is -2.40. The predicted octanol–water partition coefficient (Wildman–Crippen LogP) is 5.59. The number of rotatable bonds is 5. The number of halogens is 1. The second kappa shape index (κ2) is 10.1. The van der Waals surface area contributed by atoms with E-state index in [4.69, 9.17) is 19.2 Å². The van der Waals surface area contributed by atoms with Crippen molar-refractivity contribution >= 4 is 22.8 Å². The number of aromatic nitrogens is 4. The zero-order chi connectivity index (χ0) is 27.3. The van der Waals surface area contributed by atoms with E-state index in [0.717, 1.165) is 41.1 Å². The first kappa shape index (κ1) is 25.5. The van der Waals surface area contributed by atoms with Crippen LogP contribution in [0.1, 0.15) is 74.3 Å². The Kier molecular flexibility index (Phi) is 6.58. The molecule has 0 radical (unpaired) electrons. The molecule has 2 fully saturated rings. The molecule has 1 saturated heterocycles. The van der Waals surface area contributed by atoms with Gasteiger partial charge in [-0.1, -0.05) is 5.16 Å². The van der Waals surface area contributed by atoms with Gasteiger partial charge in [-0.15, -0.1) is 0 Å². The number of fused-ring (bicyclic) bond motifs is 1. The molecule has 1 saturated carbocycles. The van der Waals surface area contributed by atoms with E-state index in [1.807, 2.05) is 26.1 Å². The summed E-state index contributed by atoms with van der Waals surface area (Å²) >= 11 is 0. The second-order valence-electron chi connectivity index (χ2n) is 10.6. The number of carbonyl (C=O) groups is 1.